The van der Waals surface area contributed by atoms with Crippen LogP contribution in [0.25, 0.3) is 0 Å². The van der Waals surface area contributed by atoms with Crippen LogP contribution in [0.3, 0.4) is 0 Å². The fourth-order valence-electron chi connectivity index (χ4n) is 1.75. The number of nitrogens with one attached hydrogen (secondary N) is 1. The molecule has 0 aliphatic carbocycles. The number of benzene rings is 2. The summed E-state index contributed by atoms with van der Waals surface area (Å²) in [6.07, 6.45) is 0. The van der Waals surface area contributed by atoms with E-state index in [-0.39, 0.29) is 19.1 Å². The van der Waals surface area contributed by atoms with Gasteiger partial charge < -0.3 is 15.8 Å². The lowest BCUT2D eigenvalue weighted by Gasteiger charge is -2.11. The molecule has 0 aromatic heterocycles. The van der Waals surface area contributed by atoms with Crippen LogP contribution in [-0.2, 0) is 11.3 Å². The first-order valence-corrected chi connectivity index (χ1v) is 7.43. The molecule has 2 aromatic rings. The molecule has 0 bridgehead atoms. The van der Waals surface area contributed by atoms with Crippen molar-refractivity contribution in [2.24, 2.45) is 5.73 Å². The number of carbonyl (C=O) groups excluding carboxylic acids is 1. The predicted molar refractivity (Wildman–Crippen MR) is 87.6 cm³/mol. The summed E-state index contributed by atoms with van der Waals surface area (Å²) in [5, 5.41) is 3.27. The maximum absolute atomic E-state index is 11.8. The number of anilines is 1. The number of hydrogen-bond donors (Lipinski definition) is 2. The molecule has 0 aliphatic heterocycles. The van der Waals surface area contributed by atoms with Gasteiger partial charge in [0, 0.05) is 27.3 Å². The summed E-state index contributed by atoms with van der Waals surface area (Å²) in [5.74, 6) is 0.274. The number of nitrogens with two attached hydrogens (primary N) is 1. The Labute approximate surface area is 136 Å². The third-order valence-corrected chi connectivity index (χ3v) is 3.65. The SMILES string of the molecule is NCc1c(Cl)cccc1OCC(=O)Nc1ccc(Br)cc1. The van der Waals surface area contributed by atoms with Crippen LogP contribution in [0.5, 0.6) is 5.75 Å². The molecule has 0 aliphatic rings. The lowest BCUT2D eigenvalue weighted by Crippen LogP contribution is -2.20. The van der Waals surface area contributed by atoms with Crippen molar-refractivity contribution in [3.8, 4) is 5.75 Å². The first-order chi connectivity index (χ1) is 10.1. The van der Waals surface area contributed by atoms with Crippen LogP contribution in [0.4, 0.5) is 5.69 Å². The summed E-state index contributed by atoms with van der Waals surface area (Å²) in [5.41, 5.74) is 7.02. The van der Waals surface area contributed by atoms with E-state index in [1.165, 1.54) is 0 Å². The summed E-state index contributed by atoms with van der Waals surface area (Å²) in [6, 6.07) is 12.5. The number of amides is 1. The Bertz CT molecular complexity index is 632. The Morgan fingerprint density at radius 3 is 2.62 bits per heavy atom. The van der Waals surface area contributed by atoms with E-state index in [0.717, 1.165) is 4.47 Å². The number of rotatable bonds is 5. The van der Waals surface area contributed by atoms with E-state index in [4.69, 9.17) is 22.1 Å². The molecule has 0 atom stereocenters. The molecule has 110 valence electrons. The molecule has 1 amide bonds. The largest absolute Gasteiger partial charge is 0.483 e. The molecule has 0 saturated heterocycles. The van der Waals surface area contributed by atoms with Gasteiger partial charge in [-0.3, -0.25) is 4.79 Å². The van der Waals surface area contributed by atoms with Crippen molar-refractivity contribution in [3.63, 3.8) is 0 Å². The van der Waals surface area contributed by atoms with Crippen LogP contribution in [0.15, 0.2) is 46.9 Å². The topological polar surface area (TPSA) is 64.3 Å². The van der Waals surface area contributed by atoms with Crippen LogP contribution in [0, 0.1) is 0 Å². The Hall–Kier alpha value is -1.56. The van der Waals surface area contributed by atoms with E-state index >= 15 is 0 Å². The highest BCUT2D eigenvalue weighted by atomic mass is 79.9. The summed E-state index contributed by atoms with van der Waals surface area (Å²) in [7, 11) is 0. The minimum Gasteiger partial charge on any atom is -0.483 e. The van der Waals surface area contributed by atoms with Crippen molar-refractivity contribution in [1.29, 1.82) is 0 Å². The van der Waals surface area contributed by atoms with Gasteiger partial charge in [-0.05, 0) is 36.4 Å². The first-order valence-electron chi connectivity index (χ1n) is 6.26. The quantitative estimate of drug-likeness (QED) is 0.846. The fourth-order valence-corrected chi connectivity index (χ4v) is 2.25. The minimum atomic E-state index is -0.250. The average Bonchev–Trinajstić information content (AvgIpc) is 2.47. The lowest BCUT2D eigenvalue weighted by molar-refractivity contribution is -0.118. The van der Waals surface area contributed by atoms with Crippen LogP contribution >= 0.6 is 27.5 Å². The van der Waals surface area contributed by atoms with Crippen LogP contribution in [0.1, 0.15) is 5.56 Å². The molecule has 2 rings (SSSR count). The summed E-state index contributed by atoms with van der Waals surface area (Å²) in [4.78, 5) is 11.8. The maximum Gasteiger partial charge on any atom is 0.262 e. The zero-order valence-corrected chi connectivity index (χ0v) is 13.4. The molecule has 0 spiro atoms. The van der Waals surface area contributed by atoms with Crippen molar-refractivity contribution in [2.45, 2.75) is 6.54 Å². The Kier molecular flexibility index (Phi) is 5.61. The summed E-state index contributed by atoms with van der Waals surface area (Å²) < 4.78 is 6.43. The zero-order valence-electron chi connectivity index (χ0n) is 11.1. The monoisotopic (exact) mass is 368 g/mol. The third-order valence-electron chi connectivity index (χ3n) is 2.77. The van der Waals surface area contributed by atoms with Gasteiger partial charge in [0.25, 0.3) is 5.91 Å². The van der Waals surface area contributed by atoms with Crippen molar-refractivity contribution < 1.29 is 9.53 Å². The molecule has 2 aromatic carbocycles. The van der Waals surface area contributed by atoms with Crippen molar-refractivity contribution >= 4 is 39.1 Å². The van der Waals surface area contributed by atoms with Gasteiger partial charge in [-0.1, -0.05) is 33.6 Å². The highest BCUT2D eigenvalue weighted by Crippen LogP contribution is 2.25. The molecular weight excluding hydrogens is 356 g/mol. The molecular formula is C15H14BrClN2O2. The maximum atomic E-state index is 11.8. The second-order valence-electron chi connectivity index (χ2n) is 4.26. The normalized spacial score (nSPS) is 10.2. The Morgan fingerprint density at radius 2 is 1.95 bits per heavy atom. The minimum absolute atomic E-state index is 0.108. The molecule has 0 unspecified atom stereocenters. The lowest BCUT2D eigenvalue weighted by atomic mass is 10.2. The van der Waals surface area contributed by atoms with Crippen molar-refractivity contribution in [1.82, 2.24) is 0 Å². The van der Waals surface area contributed by atoms with E-state index in [1.807, 2.05) is 12.1 Å². The molecule has 6 heteroatoms. The molecule has 0 radical (unpaired) electrons. The van der Waals surface area contributed by atoms with Crippen LogP contribution in [-0.4, -0.2) is 12.5 Å². The number of ether oxygens (including phenoxy) is 1. The van der Waals surface area contributed by atoms with Crippen molar-refractivity contribution in [2.75, 3.05) is 11.9 Å². The highest BCUT2D eigenvalue weighted by molar-refractivity contribution is 9.10. The summed E-state index contributed by atoms with van der Waals surface area (Å²) in [6.45, 7) is 0.146. The van der Waals surface area contributed by atoms with Gasteiger partial charge >= 0.3 is 0 Å². The zero-order chi connectivity index (χ0) is 15.2. The molecule has 21 heavy (non-hydrogen) atoms. The molecule has 0 saturated carbocycles. The van der Waals surface area contributed by atoms with Crippen LogP contribution < -0.4 is 15.8 Å². The molecule has 0 fully saturated rings. The van der Waals surface area contributed by atoms with Gasteiger partial charge in [-0.2, -0.15) is 0 Å². The molecule has 0 heterocycles. The van der Waals surface area contributed by atoms with E-state index < -0.39 is 0 Å². The average molecular weight is 370 g/mol. The van der Waals surface area contributed by atoms with Gasteiger partial charge in [-0.15, -0.1) is 0 Å². The van der Waals surface area contributed by atoms with Gasteiger partial charge in [-0.25, -0.2) is 0 Å². The van der Waals surface area contributed by atoms with Crippen molar-refractivity contribution in [3.05, 3.63) is 57.5 Å². The number of halogens is 2. The van der Waals surface area contributed by atoms with E-state index in [2.05, 4.69) is 21.2 Å². The standard InChI is InChI=1S/C15H14BrClN2O2/c16-10-4-6-11(7-5-10)19-15(20)9-21-14-3-1-2-13(17)12(14)8-18/h1-7H,8-9,18H2,(H,19,20). The second kappa shape index (κ2) is 7.45. The van der Waals surface area contributed by atoms with Gasteiger partial charge in [0.15, 0.2) is 6.61 Å². The fraction of sp³-hybridized carbons (Fsp3) is 0.133. The Morgan fingerprint density at radius 1 is 1.24 bits per heavy atom. The number of carbonyl (C=O) groups is 1. The highest BCUT2D eigenvalue weighted by Gasteiger charge is 2.09. The van der Waals surface area contributed by atoms with Gasteiger partial charge in [0.2, 0.25) is 0 Å². The van der Waals surface area contributed by atoms with E-state index in [0.29, 0.717) is 22.0 Å². The smallest absolute Gasteiger partial charge is 0.262 e. The number of hydrogen-bond acceptors (Lipinski definition) is 3. The summed E-state index contributed by atoms with van der Waals surface area (Å²) >= 11 is 9.36. The first kappa shape index (κ1) is 15.8. The van der Waals surface area contributed by atoms with Gasteiger partial charge in [0.1, 0.15) is 5.75 Å². The third kappa shape index (κ3) is 4.46. The molecule has 4 nitrogen and oxygen atoms in total. The molecule has 3 N–H and O–H groups in total. The second-order valence-corrected chi connectivity index (χ2v) is 5.59. The van der Waals surface area contributed by atoms with E-state index in [9.17, 15) is 4.79 Å². The van der Waals surface area contributed by atoms with E-state index in [1.54, 1.807) is 30.3 Å². The van der Waals surface area contributed by atoms with Gasteiger partial charge in [0.05, 0.1) is 0 Å². The predicted octanol–water partition coefficient (Wildman–Crippen LogP) is 3.58. The van der Waals surface area contributed by atoms with Crippen LogP contribution in [0.2, 0.25) is 5.02 Å². The Balaban J connectivity index is 1.95.